The maximum atomic E-state index is 2.50. The standard InChI is InChI=1S/C22H20N2/c1-15-18-14-17(16-8-4-3-5-9-16)12-13-19(18)24-21-11-7-6-10-20(21)23(2)22(15)24/h3-15,22H,1-2H3. The minimum absolute atomic E-state index is 0.378. The van der Waals surface area contributed by atoms with Crippen LogP contribution in [0, 0.1) is 0 Å². The van der Waals surface area contributed by atoms with E-state index in [-0.39, 0.29) is 0 Å². The molecular weight excluding hydrogens is 292 g/mol. The third-order valence-electron chi connectivity index (χ3n) is 5.51. The van der Waals surface area contributed by atoms with E-state index in [2.05, 4.69) is 96.6 Å². The summed E-state index contributed by atoms with van der Waals surface area (Å²) in [7, 11) is 2.21. The largest absolute Gasteiger partial charge is 0.352 e. The molecule has 24 heavy (non-hydrogen) atoms. The lowest BCUT2D eigenvalue weighted by Gasteiger charge is -2.27. The van der Waals surface area contributed by atoms with Gasteiger partial charge in [0.05, 0.1) is 11.4 Å². The number of para-hydroxylation sites is 2. The molecule has 2 unspecified atom stereocenters. The van der Waals surface area contributed by atoms with E-state index in [1.165, 1.54) is 33.8 Å². The van der Waals surface area contributed by atoms with Crippen molar-refractivity contribution < 1.29 is 0 Å². The Bertz CT molecular complexity index is 916. The first-order valence-electron chi connectivity index (χ1n) is 8.56. The summed E-state index contributed by atoms with van der Waals surface area (Å²) in [4.78, 5) is 4.92. The third kappa shape index (κ3) is 1.71. The number of hydrogen-bond acceptors (Lipinski definition) is 2. The van der Waals surface area contributed by atoms with Gasteiger partial charge in [0.2, 0.25) is 0 Å². The van der Waals surface area contributed by atoms with Crippen molar-refractivity contribution in [3.63, 3.8) is 0 Å². The van der Waals surface area contributed by atoms with Crippen LogP contribution in [-0.4, -0.2) is 13.2 Å². The van der Waals surface area contributed by atoms with Crippen LogP contribution in [0.4, 0.5) is 17.1 Å². The second-order valence-corrected chi connectivity index (χ2v) is 6.81. The highest BCUT2D eigenvalue weighted by molar-refractivity contribution is 5.88. The quantitative estimate of drug-likeness (QED) is 0.595. The molecule has 2 heterocycles. The SMILES string of the molecule is CC1c2cc(-c3ccccc3)ccc2N2c3ccccc3N(C)C12. The van der Waals surface area contributed by atoms with Crippen molar-refractivity contribution in [3.8, 4) is 11.1 Å². The van der Waals surface area contributed by atoms with Gasteiger partial charge in [-0.15, -0.1) is 0 Å². The van der Waals surface area contributed by atoms with Crippen LogP contribution in [0.2, 0.25) is 0 Å². The molecule has 3 aromatic rings. The van der Waals surface area contributed by atoms with E-state index in [0.717, 1.165) is 0 Å². The lowest BCUT2D eigenvalue weighted by Crippen LogP contribution is -2.37. The van der Waals surface area contributed by atoms with Gasteiger partial charge in [-0.2, -0.15) is 0 Å². The molecule has 0 saturated carbocycles. The van der Waals surface area contributed by atoms with Gasteiger partial charge >= 0.3 is 0 Å². The Kier molecular flexibility index (Phi) is 2.78. The molecule has 0 N–H and O–H groups in total. The summed E-state index contributed by atoms with van der Waals surface area (Å²) >= 11 is 0. The fourth-order valence-corrected chi connectivity index (χ4v) is 4.37. The van der Waals surface area contributed by atoms with Gasteiger partial charge < -0.3 is 9.80 Å². The highest BCUT2D eigenvalue weighted by atomic mass is 15.4. The monoisotopic (exact) mass is 312 g/mol. The van der Waals surface area contributed by atoms with Crippen LogP contribution in [0.5, 0.6) is 0 Å². The van der Waals surface area contributed by atoms with Crippen LogP contribution in [0.15, 0.2) is 72.8 Å². The Hall–Kier alpha value is -2.74. The van der Waals surface area contributed by atoms with Crippen molar-refractivity contribution >= 4 is 17.1 Å². The lowest BCUT2D eigenvalue weighted by molar-refractivity contribution is 0.605. The van der Waals surface area contributed by atoms with Crippen molar-refractivity contribution in [1.82, 2.24) is 0 Å². The first-order valence-corrected chi connectivity index (χ1v) is 8.56. The number of rotatable bonds is 1. The molecule has 0 fully saturated rings. The second-order valence-electron chi connectivity index (χ2n) is 6.81. The van der Waals surface area contributed by atoms with Crippen molar-refractivity contribution in [3.05, 3.63) is 78.4 Å². The average molecular weight is 312 g/mol. The van der Waals surface area contributed by atoms with Gasteiger partial charge in [0.25, 0.3) is 0 Å². The zero-order valence-corrected chi connectivity index (χ0v) is 14.0. The first kappa shape index (κ1) is 13.7. The van der Waals surface area contributed by atoms with Gasteiger partial charge in [0.1, 0.15) is 6.17 Å². The fourth-order valence-electron chi connectivity index (χ4n) is 4.37. The minimum atomic E-state index is 0.378. The molecule has 2 heteroatoms. The molecule has 0 bridgehead atoms. The van der Waals surface area contributed by atoms with Crippen molar-refractivity contribution in [1.29, 1.82) is 0 Å². The number of fused-ring (bicyclic) bond motifs is 5. The van der Waals surface area contributed by atoms with Gasteiger partial charge in [0, 0.05) is 18.7 Å². The summed E-state index contributed by atoms with van der Waals surface area (Å²) < 4.78 is 0. The van der Waals surface area contributed by atoms with E-state index >= 15 is 0 Å². The Morgan fingerprint density at radius 1 is 0.708 bits per heavy atom. The Labute approximate surface area is 143 Å². The van der Waals surface area contributed by atoms with Crippen molar-refractivity contribution in [2.75, 3.05) is 16.8 Å². The van der Waals surface area contributed by atoms with Gasteiger partial charge in [0.15, 0.2) is 0 Å². The van der Waals surface area contributed by atoms with E-state index in [4.69, 9.17) is 0 Å². The molecule has 2 nitrogen and oxygen atoms in total. The predicted molar refractivity (Wildman–Crippen MR) is 101 cm³/mol. The zero-order chi connectivity index (χ0) is 16.3. The third-order valence-corrected chi connectivity index (χ3v) is 5.51. The molecule has 0 spiro atoms. The summed E-state index contributed by atoms with van der Waals surface area (Å²) in [6, 6.07) is 26.3. The second kappa shape index (κ2) is 4.88. The molecule has 3 aromatic carbocycles. The van der Waals surface area contributed by atoms with Crippen LogP contribution in [0.3, 0.4) is 0 Å². The van der Waals surface area contributed by atoms with Crippen LogP contribution in [0.25, 0.3) is 11.1 Å². The van der Waals surface area contributed by atoms with Crippen LogP contribution < -0.4 is 9.80 Å². The highest BCUT2D eigenvalue weighted by Gasteiger charge is 2.44. The molecule has 0 aliphatic carbocycles. The molecule has 0 saturated heterocycles. The molecule has 2 aliphatic rings. The highest BCUT2D eigenvalue weighted by Crippen LogP contribution is 2.54. The molecule has 0 aromatic heterocycles. The summed E-state index contributed by atoms with van der Waals surface area (Å²) in [5.74, 6) is 0.473. The van der Waals surface area contributed by atoms with Gasteiger partial charge in [-0.05, 0) is 41.0 Å². The van der Waals surface area contributed by atoms with Crippen molar-refractivity contribution in [2.24, 2.45) is 0 Å². The summed E-state index contributed by atoms with van der Waals surface area (Å²) in [6.45, 7) is 2.35. The van der Waals surface area contributed by atoms with E-state index in [9.17, 15) is 0 Å². The molecular formula is C22H20N2. The summed E-state index contributed by atoms with van der Waals surface area (Å²) in [5, 5.41) is 0. The Morgan fingerprint density at radius 2 is 1.42 bits per heavy atom. The van der Waals surface area contributed by atoms with E-state index in [1.54, 1.807) is 0 Å². The Balaban J connectivity index is 1.66. The van der Waals surface area contributed by atoms with Crippen LogP contribution in [-0.2, 0) is 0 Å². The smallest absolute Gasteiger partial charge is 0.113 e. The van der Waals surface area contributed by atoms with Crippen molar-refractivity contribution in [2.45, 2.75) is 19.0 Å². The average Bonchev–Trinajstić information content (AvgIpc) is 3.10. The van der Waals surface area contributed by atoms with Gasteiger partial charge in [-0.3, -0.25) is 0 Å². The maximum absolute atomic E-state index is 2.50. The maximum Gasteiger partial charge on any atom is 0.113 e. The predicted octanol–water partition coefficient (Wildman–Crippen LogP) is 5.38. The number of benzene rings is 3. The molecule has 0 radical (unpaired) electrons. The van der Waals surface area contributed by atoms with Crippen LogP contribution >= 0.6 is 0 Å². The number of hydrogen-bond donors (Lipinski definition) is 0. The number of likely N-dealkylation sites (N-methyl/N-ethyl adjacent to an activating group) is 1. The topological polar surface area (TPSA) is 6.48 Å². The summed E-state index contributed by atoms with van der Waals surface area (Å²) in [5.41, 5.74) is 8.04. The Morgan fingerprint density at radius 3 is 2.21 bits per heavy atom. The molecule has 2 aliphatic heterocycles. The molecule has 5 rings (SSSR count). The minimum Gasteiger partial charge on any atom is -0.352 e. The number of anilines is 3. The van der Waals surface area contributed by atoms with E-state index < -0.39 is 0 Å². The van der Waals surface area contributed by atoms with Gasteiger partial charge in [-0.25, -0.2) is 0 Å². The van der Waals surface area contributed by atoms with Crippen LogP contribution in [0.1, 0.15) is 18.4 Å². The molecule has 0 amide bonds. The van der Waals surface area contributed by atoms with E-state index in [1.807, 2.05) is 0 Å². The molecule has 118 valence electrons. The first-order chi connectivity index (χ1) is 11.8. The molecule has 2 atom stereocenters. The van der Waals surface area contributed by atoms with E-state index in [0.29, 0.717) is 12.1 Å². The normalized spacial score (nSPS) is 20.8. The fraction of sp³-hybridized carbons (Fsp3) is 0.182. The zero-order valence-electron chi connectivity index (χ0n) is 14.0. The lowest BCUT2D eigenvalue weighted by atomic mass is 9.96. The number of nitrogens with zero attached hydrogens (tertiary/aromatic N) is 2. The van der Waals surface area contributed by atoms with Gasteiger partial charge in [-0.1, -0.05) is 55.5 Å². The summed E-state index contributed by atoms with van der Waals surface area (Å²) in [6.07, 6.45) is 0.378.